The average molecular weight is 291 g/mol. The standard InChI is InChI=1S/C14H17N3O2S/c1-2-11-6-7-13(9-14(11)15)20(18,19)17-10-12-5-3-4-8-16-12/h3-9,17H,2,10,15H2,1H3. The predicted octanol–water partition coefficient (Wildman–Crippen LogP) is 1.70. The molecule has 0 atom stereocenters. The second-order valence-corrected chi connectivity index (χ2v) is 6.13. The fourth-order valence-electron chi connectivity index (χ4n) is 1.82. The zero-order valence-electron chi connectivity index (χ0n) is 11.2. The number of aromatic nitrogens is 1. The number of hydrogen-bond acceptors (Lipinski definition) is 4. The predicted molar refractivity (Wildman–Crippen MR) is 78.5 cm³/mol. The zero-order chi connectivity index (χ0) is 14.6. The molecule has 0 saturated heterocycles. The maximum atomic E-state index is 12.2. The minimum Gasteiger partial charge on any atom is -0.398 e. The number of nitrogen functional groups attached to an aromatic ring is 1. The van der Waals surface area contributed by atoms with Gasteiger partial charge in [-0.3, -0.25) is 4.98 Å². The number of nitrogens with two attached hydrogens (primary N) is 1. The van der Waals surface area contributed by atoms with Crippen LogP contribution in [0.1, 0.15) is 18.2 Å². The lowest BCUT2D eigenvalue weighted by Gasteiger charge is -2.09. The van der Waals surface area contributed by atoms with Gasteiger partial charge in [0, 0.05) is 11.9 Å². The number of anilines is 1. The molecule has 0 aliphatic rings. The van der Waals surface area contributed by atoms with Crippen LogP contribution in [0.5, 0.6) is 0 Å². The molecule has 0 fully saturated rings. The molecule has 3 N–H and O–H groups in total. The number of nitrogens with one attached hydrogen (secondary N) is 1. The highest BCUT2D eigenvalue weighted by atomic mass is 32.2. The van der Waals surface area contributed by atoms with Gasteiger partial charge in [0.05, 0.1) is 17.1 Å². The Hall–Kier alpha value is -1.92. The number of hydrogen-bond donors (Lipinski definition) is 2. The van der Waals surface area contributed by atoms with E-state index in [0.717, 1.165) is 12.0 Å². The fraction of sp³-hybridized carbons (Fsp3) is 0.214. The molecular weight excluding hydrogens is 274 g/mol. The van der Waals surface area contributed by atoms with Crippen molar-refractivity contribution in [3.05, 3.63) is 53.9 Å². The summed E-state index contributed by atoms with van der Waals surface area (Å²) in [5, 5.41) is 0. The lowest BCUT2D eigenvalue weighted by Crippen LogP contribution is -2.23. The van der Waals surface area contributed by atoms with Gasteiger partial charge in [-0.1, -0.05) is 19.1 Å². The van der Waals surface area contributed by atoms with Crippen LogP contribution in [-0.4, -0.2) is 13.4 Å². The Kier molecular flexibility index (Phi) is 4.36. The third kappa shape index (κ3) is 3.34. The van der Waals surface area contributed by atoms with E-state index in [1.165, 1.54) is 6.07 Å². The van der Waals surface area contributed by atoms with Crippen molar-refractivity contribution in [1.29, 1.82) is 0 Å². The minimum absolute atomic E-state index is 0.151. The van der Waals surface area contributed by atoms with Gasteiger partial charge in [0.25, 0.3) is 0 Å². The summed E-state index contributed by atoms with van der Waals surface area (Å²) in [4.78, 5) is 4.24. The molecule has 20 heavy (non-hydrogen) atoms. The topological polar surface area (TPSA) is 85.1 Å². The van der Waals surface area contributed by atoms with Crippen molar-refractivity contribution in [3.63, 3.8) is 0 Å². The van der Waals surface area contributed by atoms with Crippen LogP contribution in [0.3, 0.4) is 0 Å². The minimum atomic E-state index is -3.58. The Balaban J connectivity index is 2.16. The van der Waals surface area contributed by atoms with Crippen LogP contribution >= 0.6 is 0 Å². The SMILES string of the molecule is CCc1ccc(S(=O)(=O)NCc2ccccn2)cc1N. The maximum absolute atomic E-state index is 12.2. The van der Waals surface area contributed by atoms with Crippen molar-refractivity contribution in [2.24, 2.45) is 0 Å². The van der Waals surface area contributed by atoms with Crippen LogP contribution < -0.4 is 10.5 Å². The third-order valence-corrected chi connectivity index (χ3v) is 4.38. The molecule has 1 heterocycles. The number of benzene rings is 1. The van der Waals surface area contributed by atoms with Crippen molar-refractivity contribution >= 4 is 15.7 Å². The summed E-state index contributed by atoms with van der Waals surface area (Å²) in [6, 6.07) is 10.1. The van der Waals surface area contributed by atoms with Gasteiger partial charge in [0.2, 0.25) is 10.0 Å². The van der Waals surface area contributed by atoms with Crippen molar-refractivity contribution in [2.75, 3.05) is 5.73 Å². The molecule has 106 valence electrons. The van der Waals surface area contributed by atoms with E-state index in [2.05, 4.69) is 9.71 Å². The fourth-order valence-corrected chi connectivity index (χ4v) is 2.85. The molecule has 0 bridgehead atoms. The van der Waals surface area contributed by atoms with Gasteiger partial charge in [-0.15, -0.1) is 0 Å². The van der Waals surface area contributed by atoms with Crippen molar-refractivity contribution in [3.8, 4) is 0 Å². The highest BCUT2D eigenvalue weighted by Crippen LogP contribution is 2.18. The van der Waals surface area contributed by atoms with Crippen LogP contribution in [0.15, 0.2) is 47.5 Å². The third-order valence-electron chi connectivity index (χ3n) is 2.98. The molecule has 0 saturated carbocycles. The summed E-state index contributed by atoms with van der Waals surface area (Å²) >= 11 is 0. The normalized spacial score (nSPS) is 11.4. The van der Waals surface area contributed by atoms with Gasteiger partial charge < -0.3 is 5.73 Å². The lowest BCUT2D eigenvalue weighted by molar-refractivity contribution is 0.580. The Labute approximate surface area is 118 Å². The molecule has 0 aliphatic carbocycles. The monoisotopic (exact) mass is 291 g/mol. The molecule has 2 rings (SSSR count). The second kappa shape index (κ2) is 6.02. The van der Waals surface area contributed by atoms with Crippen LogP contribution in [0.2, 0.25) is 0 Å². The summed E-state index contributed by atoms with van der Waals surface area (Å²) in [5.74, 6) is 0. The summed E-state index contributed by atoms with van der Waals surface area (Å²) in [6.45, 7) is 2.12. The van der Waals surface area contributed by atoms with Crippen LogP contribution in [-0.2, 0) is 23.0 Å². The molecule has 6 heteroatoms. The van der Waals surface area contributed by atoms with Gasteiger partial charge in [-0.05, 0) is 36.2 Å². The number of aryl methyl sites for hydroxylation is 1. The summed E-state index contributed by atoms with van der Waals surface area (Å²) < 4.78 is 26.8. The van der Waals surface area contributed by atoms with Crippen molar-refractivity contribution in [1.82, 2.24) is 9.71 Å². The van der Waals surface area contributed by atoms with Gasteiger partial charge in [-0.25, -0.2) is 13.1 Å². The van der Waals surface area contributed by atoms with Crippen LogP contribution in [0, 0.1) is 0 Å². The van der Waals surface area contributed by atoms with Gasteiger partial charge >= 0.3 is 0 Å². The van der Waals surface area contributed by atoms with E-state index in [1.54, 1.807) is 30.5 Å². The Morgan fingerprint density at radius 3 is 2.65 bits per heavy atom. The van der Waals surface area contributed by atoms with E-state index in [0.29, 0.717) is 11.4 Å². The molecule has 0 spiro atoms. The molecule has 0 aliphatic heterocycles. The van der Waals surface area contributed by atoms with Gasteiger partial charge in [-0.2, -0.15) is 0 Å². The molecule has 5 nitrogen and oxygen atoms in total. The van der Waals surface area contributed by atoms with E-state index in [1.807, 2.05) is 13.0 Å². The number of pyridine rings is 1. The first-order chi connectivity index (χ1) is 9.53. The van der Waals surface area contributed by atoms with E-state index in [9.17, 15) is 8.42 Å². The molecule has 1 aromatic carbocycles. The maximum Gasteiger partial charge on any atom is 0.240 e. The number of sulfonamides is 1. The number of rotatable bonds is 5. The summed E-state index contributed by atoms with van der Waals surface area (Å²) in [5.41, 5.74) is 7.92. The molecule has 1 aromatic heterocycles. The Bertz CT molecular complexity index is 685. The molecule has 0 radical (unpaired) electrons. The lowest BCUT2D eigenvalue weighted by atomic mass is 10.1. The molecule has 0 amide bonds. The van der Waals surface area contributed by atoms with Gasteiger partial charge in [0.15, 0.2) is 0 Å². The summed E-state index contributed by atoms with van der Waals surface area (Å²) in [6.07, 6.45) is 2.39. The van der Waals surface area contributed by atoms with Gasteiger partial charge in [0.1, 0.15) is 0 Å². The molecule has 0 unspecified atom stereocenters. The van der Waals surface area contributed by atoms with Crippen molar-refractivity contribution < 1.29 is 8.42 Å². The van der Waals surface area contributed by atoms with E-state index in [4.69, 9.17) is 5.73 Å². The summed E-state index contributed by atoms with van der Waals surface area (Å²) in [7, 11) is -3.58. The molecule has 2 aromatic rings. The van der Waals surface area contributed by atoms with Crippen LogP contribution in [0.25, 0.3) is 0 Å². The van der Waals surface area contributed by atoms with E-state index < -0.39 is 10.0 Å². The van der Waals surface area contributed by atoms with E-state index in [-0.39, 0.29) is 11.4 Å². The highest BCUT2D eigenvalue weighted by Gasteiger charge is 2.15. The Morgan fingerprint density at radius 2 is 2.05 bits per heavy atom. The second-order valence-electron chi connectivity index (χ2n) is 4.36. The first kappa shape index (κ1) is 14.5. The van der Waals surface area contributed by atoms with E-state index >= 15 is 0 Å². The Morgan fingerprint density at radius 1 is 1.25 bits per heavy atom. The first-order valence-corrected chi connectivity index (χ1v) is 7.79. The number of nitrogens with zero attached hydrogens (tertiary/aromatic N) is 1. The average Bonchev–Trinajstić information content (AvgIpc) is 2.46. The largest absolute Gasteiger partial charge is 0.398 e. The highest BCUT2D eigenvalue weighted by molar-refractivity contribution is 7.89. The molecular formula is C14H17N3O2S. The van der Waals surface area contributed by atoms with Crippen molar-refractivity contribution in [2.45, 2.75) is 24.8 Å². The smallest absolute Gasteiger partial charge is 0.240 e. The quantitative estimate of drug-likeness (QED) is 0.821. The van der Waals surface area contributed by atoms with Crippen LogP contribution in [0.4, 0.5) is 5.69 Å². The zero-order valence-corrected chi connectivity index (χ0v) is 12.0. The first-order valence-electron chi connectivity index (χ1n) is 6.31.